The van der Waals surface area contributed by atoms with Crippen molar-refractivity contribution in [3.8, 4) is 0 Å². The van der Waals surface area contributed by atoms with Crippen LogP contribution in [0.5, 0.6) is 0 Å². The maximum Gasteiger partial charge on any atom is 0.0110 e. The Hall–Kier alpha value is -0.120. The molecule has 0 aromatic heterocycles. The average Bonchev–Trinajstić information content (AvgIpc) is 2.32. The van der Waals surface area contributed by atoms with Crippen molar-refractivity contribution in [2.45, 2.75) is 39.2 Å². The molecular weight excluding hydrogens is 210 g/mol. The molecule has 2 unspecified atom stereocenters. The van der Waals surface area contributed by atoms with Gasteiger partial charge in [0.15, 0.2) is 0 Å². The first-order valence-electron chi connectivity index (χ1n) is 7.46. The lowest BCUT2D eigenvalue weighted by Crippen LogP contribution is -2.49. The van der Waals surface area contributed by atoms with E-state index >= 15 is 0 Å². The number of piperazine rings is 1. The first-order valence-corrected chi connectivity index (χ1v) is 7.46. The summed E-state index contributed by atoms with van der Waals surface area (Å²) < 4.78 is 0. The summed E-state index contributed by atoms with van der Waals surface area (Å²) in [6.45, 7) is 13.6. The lowest BCUT2D eigenvalue weighted by atomic mass is 9.92. The molecule has 0 saturated carbocycles. The lowest BCUT2D eigenvalue weighted by Gasteiger charge is -2.38. The lowest BCUT2D eigenvalue weighted by molar-refractivity contribution is 0.107. The highest BCUT2D eigenvalue weighted by molar-refractivity contribution is 4.80. The van der Waals surface area contributed by atoms with Gasteiger partial charge in [-0.15, -0.1) is 0 Å². The second-order valence-corrected chi connectivity index (χ2v) is 5.89. The molecule has 2 aliphatic heterocycles. The van der Waals surface area contributed by atoms with Gasteiger partial charge in [0.1, 0.15) is 0 Å². The molecular formula is C14H29N3. The predicted octanol–water partition coefficient (Wildman–Crippen LogP) is 1.40. The van der Waals surface area contributed by atoms with E-state index in [1.807, 2.05) is 0 Å². The van der Waals surface area contributed by atoms with Gasteiger partial charge >= 0.3 is 0 Å². The third-order valence-electron chi connectivity index (χ3n) is 4.25. The molecule has 0 aromatic rings. The van der Waals surface area contributed by atoms with Crippen molar-refractivity contribution in [1.29, 1.82) is 0 Å². The fourth-order valence-corrected chi connectivity index (χ4v) is 3.28. The molecule has 0 bridgehead atoms. The second kappa shape index (κ2) is 6.72. The second-order valence-electron chi connectivity index (χ2n) is 5.89. The fraction of sp³-hybridized carbons (Fsp3) is 1.00. The molecule has 3 heteroatoms. The number of rotatable bonds is 4. The van der Waals surface area contributed by atoms with Gasteiger partial charge in [0.05, 0.1) is 0 Å². The summed E-state index contributed by atoms with van der Waals surface area (Å²) in [6.07, 6.45) is 4.04. The van der Waals surface area contributed by atoms with Gasteiger partial charge in [0.2, 0.25) is 0 Å². The van der Waals surface area contributed by atoms with E-state index < -0.39 is 0 Å². The van der Waals surface area contributed by atoms with Crippen molar-refractivity contribution < 1.29 is 0 Å². The fourth-order valence-electron chi connectivity index (χ4n) is 3.28. The quantitative estimate of drug-likeness (QED) is 0.800. The minimum absolute atomic E-state index is 0.732. The van der Waals surface area contributed by atoms with Crippen LogP contribution in [0.2, 0.25) is 0 Å². The Bertz CT molecular complexity index is 212. The molecule has 2 rings (SSSR count). The summed E-state index contributed by atoms with van der Waals surface area (Å²) in [7, 11) is 0. The average molecular weight is 239 g/mol. The Morgan fingerprint density at radius 3 is 2.47 bits per heavy atom. The molecule has 0 spiro atoms. The third-order valence-corrected chi connectivity index (χ3v) is 4.25. The van der Waals surface area contributed by atoms with Crippen LogP contribution < -0.4 is 5.32 Å². The van der Waals surface area contributed by atoms with Crippen LogP contribution in [0.1, 0.15) is 33.1 Å². The largest absolute Gasteiger partial charge is 0.314 e. The first kappa shape index (κ1) is 13.3. The molecule has 0 amide bonds. The van der Waals surface area contributed by atoms with Crippen LogP contribution in [0.3, 0.4) is 0 Å². The molecule has 2 atom stereocenters. The zero-order chi connectivity index (χ0) is 12.1. The monoisotopic (exact) mass is 239 g/mol. The van der Waals surface area contributed by atoms with Crippen LogP contribution in [0.25, 0.3) is 0 Å². The van der Waals surface area contributed by atoms with Gasteiger partial charge < -0.3 is 15.1 Å². The van der Waals surface area contributed by atoms with E-state index in [1.54, 1.807) is 0 Å². The van der Waals surface area contributed by atoms with Crippen molar-refractivity contribution in [3.63, 3.8) is 0 Å². The van der Waals surface area contributed by atoms with Crippen LogP contribution in [0.4, 0.5) is 0 Å². The van der Waals surface area contributed by atoms with Gasteiger partial charge in [-0.05, 0) is 45.2 Å². The summed E-state index contributed by atoms with van der Waals surface area (Å²) in [6, 6.07) is 0.732. The van der Waals surface area contributed by atoms with Gasteiger partial charge in [0, 0.05) is 38.8 Å². The molecule has 0 aliphatic carbocycles. The van der Waals surface area contributed by atoms with Crippen LogP contribution in [0.15, 0.2) is 0 Å². The van der Waals surface area contributed by atoms with E-state index in [1.165, 1.54) is 65.1 Å². The molecule has 2 aliphatic rings. The smallest absolute Gasteiger partial charge is 0.0110 e. The molecule has 2 heterocycles. The van der Waals surface area contributed by atoms with Crippen molar-refractivity contribution in [3.05, 3.63) is 0 Å². The highest BCUT2D eigenvalue weighted by Crippen LogP contribution is 2.18. The van der Waals surface area contributed by atoms with Crippen molar-refractivity contribution in [1.82, 2.24) is 15.1 Å². The van der Waals surface area contributed by atoms with Crippen LogP contribution in [-0.2, 0) is 0 Å². The van der Waals surface area contributed by atoms with Crippen molar-refractivity contribution >= 4 is 0 Å². The topological polar surface area (TPSA) is 18.5 Å². The molecule has 3 nitrogen and oxygen atoms in total. The van der Waals surface area contributed by atoms with E-state index in [2.05, 4.69) is 29.0 Å². The molecule has 17 heavy (non-hydrogen) atoms. The normalized spacial score (nSPS) is 32.8. The summed E-state index contributed by atoms with van der Waals surface area (Å²) in [5, 5.41) is 3.55. The number of piperidine rings is 1. The molecule has 2 fully saturated rings. The van der Waals surface area contributed by atoms with Crippen molar-refractivity contribution in [2.24, 2.45) is 5.92 Å². The summed E-state index contributed by atoms with van der Waals surface area (Å²) in [4.78, 5) is 5.30. The Morgan fingerprint density at radius 1 is 1.12 bits per heavy atom. The number of hydrogen-bond acceptors (Lipinski definition) is 3. The number of hydrogen-bond donors (Lipinski definition) is 1. The van der Waals surface area contributed by atoms with E-state index in [4.69, 9.17) is 0 Å². The third kappa shape index (κ3) is 4.23. The molecule has 1 N–H and O–H groups in total. The van der Waals surface area contributed by atoms with E-state index in [0.717, 1.165) is 12.0 Å². The van der Waals surface area contributed by atoms with Crippen molar-refractivity contribution in [2.75, 3.05) is 45.8 Å². The van der Waals surface area contributed by atoms with Gasteiger partial charge in [-0.3, -0.25) is 0 Å². The summed E-state index contributed by atoms with van der Waals surface area (Å²) in [5.41, 5.74) is 0. The Kier molecular flexibility index (Phi) is 5.26. The zero-order valence-electron chi connectivity index (χ0n) is 11.6. The van der Waals surface area contributed by atoms with Gasteiger partial charge in [0.25, 0.3) is 0 Å². The first-order chi connectivity index (χ1) is 8.28. The van der Waals surface area contributed by atoms with Crippen LogP contribution in [-0.4, -0.2) is 61.7 Å². The molecule has 2 saturated heterocycles. The van der Waals surface area contributed by atoms with Crippen LogP contribution in [0, 0.1) is 5.92 Å². The van der Waals surface area contributed by atoms with Gasteiger partial charge in [-0.2, -0.15) is 0 Å². The maximum absolute atomic E-state index is 3.55. The molecule has 0 aromatic carbocycles. The molecule has 0 radical (unpaired) electrons. The predicted molar refractivity (Wildman–Crippen MR) is 73.4 cm³/mol. The number of nitrogens with zero attached hydrogens (tertiary/aromatic N) is 2. The standard InChI is InChI=1S/C14H29N3/c1-3-6-16-7-9-17(10-8-16)12-14-4-5-15-13(2)11-14/h13-15H,3-12H2,1-2H3. The molecule has 100 valence electrons. The summed E-state index contributed by atoms with van der Waals surface area (Å²) in [5.74, 6) is 0.934. The van der Waals surface area contributed by atoms with Gasteiger partial charge in [-0.1, -0.05) is 6.92 Å². The van der Waals surface area contributed by atoms with E-state index in [0.29, 0.717) is 0 Å². The highest BCUT2D eigenvalue weighted by Gasteiger charge is 2.23. The van der Waals surface area contributed by atoms with E-state index in [-0.39, 0.29) is 0 Å². The zero-order valence-corrected chi connectivity index (χ0v) is 11.6. The highest BCUT2D eigenvalue weighted by atomic mass is 15.3. The number of nitrogens with one attached hydrogen (secondary N) is 1. The van der Waals surface area contributed by atoms with E-state index in [9.17, 15) is 0 Å². The Balaban J connectivity index is 1.67. The Labute approximate surface area is 107 Å². The van der Waals surface area contributed by atoms with Gasteiger partial charge in [-0.25, -0.2) is 0 Å². The SMILES string of the molecule is CCCN1CCN(CC2CCNC(C)C2)CC1. The maximum atomic E-state index is 3.55. The van der Waals surface area contributed by atoms with Crippen LogP contribution >= 0.6 is 0 Å². The minimum atomic E-state index is 0.732. The minimum Gasteiger partial charge on any atom is -0.314 e. The summed E-state index contributed by atoms with van der Waals surface area (Å²) >= 11 is 0. The Morgan fingerprint density at radius 2 is 1.82 bits per heavy atom.